The third-order valence-corrected chi connectivity index (χ3v) is 4.49. The fourth-order valence-electron chi connectivity index (χ4n) is 2.80. The van der Waals surface area contributed by atoms with Crippen LogP contribution in [-0.4, -0.2) is 11.9 Å². The van der Waals surface area contributed by atoms with Crippen molar-refractivity contribution in [3.05, 3.63) is 110 Å². The number of rotatable bonds is 8. The predicted molar refractivity (Wildman–Crippen MR) is 124 cm³/mol. The zero-order chi connectivity index (χ0) is 23.8. The fraction of sp³-hybridized carbons (Fsp3) is 0.0370. The van der Waals surface area contributed by atoms with Gasteiger partial charge in [-0.25, -0.2) is 14.0 Å². The van der Waals surface area contributed by atoms with Gasteiger partial charge in [-0.2, -0.15) is 0 Å². The van der Waals surface area contributed by atoms with Crippen molar-refractivity contribution in [2.75, 3.05) is 0 Å². The summed E-state index contributed by atoms with van der Waals surface area (Å²) in [6.07, 6.45) is 3.36. The summed E-state index contributed by atoms with van der Waals surface area (Å²) in [7, 11) is 0. The number of esters is 2. The lowest BCUT2D eigenvalue weighted by molar-refractivity contribution is -0.132. The smallest absolute Gasteiger partial charge is 0.338 e. The predicted octanol–water partition coefficient (Wildman–Crippen LogP) is 6.22. The van der Waals surface area contributed by atoms with Gasteiger partial charge in [0.1, 0.15) is 29.8 Å². The van der Waals surface area contributed by atoms with Crippen molar-refractivity contribution >= 4 is 11.9 Å². The SMILES string of the molecule is C=CC(=O)OC=COc1ccc(-c2ccc(-c3ccc(OC(=O)C(=C)C)cc3)cc2F)cc1. The molecule has 33 heavy (non-hydrogen) atoms. The number of benzene rings is 3. The topological polar surface area (TPSA) is 61.8 Å². The maximum Gasteiger partial charge on any atom is 0.338 e. The quantitative estimate of drug-likeness (QED) is 0.179. The number of hydrogen-bond donors (Lipinski definition) is 0. The third kappa shape index (κ3) is 6.27. The van der Waals surface area contributed by atoms with Crippen molar-refractivity contribution < 1.29 is 28.2 Å². The van der Waals surface area contributed by atoms with Gasteiger partial charge in [-0.15, -0.1) is 0 Å². The minimum Gasteiger partial charge on any atom is -0.462 e. The molecule has 0 bridgehead atoms. The normalized spacial score (nSPS) is 10.5. The number of hydrogen-bond acceptors (Lipinski definition) is 5. The summed E-state index contributed by atoms with van der Waals surface area (Å²) in [5.41, 5.74) is 2.89. The molecule has 0 amide bonds. The minimum atomic E-state index is -0.591. The molecule has 0 aliphatic heterocycles. The Bertz CT molecular complexity index is 1210. The Balaban J connectivity index is 1.69. The second kappa shape index (κ2) is 10.7. The maximum absolute atomic E-state index is 14.8. The molecule has 5 nitrogen and oxygen atoms in total. The minimum absolute atomic E-state index is 0.307. The Kier molecular flexibility index (Phi) is 7.55. The van der Waals surface area contributed by atoms with Crippen molar-refractivity contribution in [2.24, 2.45) is 0 Å². The molecule has 3 aromatic carbocycles. The van der Waals surface area contributed by atoms with Crippen LogP contribution in [0.2, 0.25) is 0 Å². The lowest BCUT2D eigenvalue weighted by Gasteiger charge is -2.09. The van der Waals surface area contributed by atoms with Crippen LogP contribution in [-0.2, 0) is 14.3 Å². The molecule has 0 spiro atoms. The number of carbonyl (C=O) groups is 2. The highest BCUT2D eigenvalue weighted by Gasteiger charge is 2.09. The van der Waals surface area contributed by atoms with E-state index in [0.717, 1.165) is 17.9 Å². The Morgan fingerprint density at radius 3 is 2.06 bits per heavy atom. The van der Waals surface area contributed by atoms with Crippen LogP contribution in [0.4, 0.5) is 4.39 Å². The Morgan fingerprint density at radius 1 is 0.848 bits per heavy atom. The molecule has 3 rings (SSSR count). The number of carbonyl (C=O) groups excluding carboxylic acids is 2. The van der Waals surface area contributed by atoms with E-state index in [0.29, 0.717) is 33.8 Å². The van der Waals surface area contributed by atoms with E-state index in [1.54, 1.807) is 61.5 Å². The number of ether oxygens (including phenoxy) is 3. The van der Waals surface area contributed by atoms with Crippen molar-refractivity contribution in [2.45, 2.75) is 6.92 Å². The van der Waals surface area contributed by atoms with Gasteiger partial charge in [0.25, 0.3) is 0 Å². The average Bonchev–Trinajstić information content (AvgIpc) is 2.82. The summed E-state index contributed by atoms with van der Waals surface area (Å²) in [5, 5.41) is 0. The van der Waals surface area contributed by atoms with Gasteiger partial charge in [-0.05, 0) is 53.9 Å². The molecule has 0 radical (unpaired) electrons. The molecule has 0 saturated heterocycles. The zero-order valence-corrected chi connectivity index (χ0v) is 17.9. The average molecular weight is 444 g/mol. The summed E-state index contributed by atoms with van der Waals surface area (Å²) >= 11 is 0. The van der Waals surface area contributed by atoms with Crippen LogP contribution in [0.15, 0.2) is 104 Å². The highest BCUT2D eigenvalue weighted by Crippen LogP contribution is 2.30. The summed E-state index contributed by atoms with van der Waals surface area (Å²) < 4.78 is 30.0. The van der Waals surface area contributed by atoms with Crippen LogP contribution in [0, 0.1) is 5.82 Å². The highest BCUT2D eigenvalue weighted by molar-refractivity contribution is 5.88. The zero-order valence-electron chi connectivity index (χ0n) is 17.9. The summed E-state index contributed by atoms with van der Waals surface area (Å²) in [6.45, 7) is 8.40. The van der Waals surface area contributed by atoms with Crippen LogP contribution in [0.5, 0.6) is 11.5 Å². The Morgan fingerprint density at radius 2 is 1.45 bits per heavy atom. The lowest BCUT2D eigenvalue weighted by Crippen LogP contribution is -2.07. The molecule has 0 unspecified atom stereocenters. The van der Waals surface area contributed by atoms with E-state index in [4.69, 9.17) is 9.47 Å². The molecule has 0 heterocycles. The third-order valence-electron chi connectivity index (χ3n) is 4.49. The lowest BCUT2D eigenvalue weighted by atomic mass is 9.99. The van der Waals surface area contributed by atoms with Crippen molar-refractivity contribution in [1.29, 1.82) is 0 Å². The molecular weight excluding hydrogens is 423 g/mol. The van der Waals surface area contributed by atoms with Gasteiger partial charge >= 0.3 is 11.9 Å². The van der Waals surface area contributed by atoms with E-state index in [1.807, 2.05) is 6.07 Å². The summed E-state index contributed by atoms with van der Waals surface area (Å²) in [5.74, 6) is -0.586. The van der Waals surface area contributed by atoms with Crippen LogP contribution < -0.4 is 9.47 Å². The van der Waals surface area contributed by atoms with E-state index < -0.39 is 11.9 Å². The molecule has 0 fully saturated rings. The Labute approximate surface area is 191 Å². The fourth-order valence-corrected chi connectivity index (χ4v) is 2.80. The first-order valence-electron chi connectivity index (χ1n) is 9.90. The highest BCUT2D eigenvalue weighted by atomic mass is 19.1. The first kappa shape index (κ1) is 23.2. The molecule has 0 aliphatic rings. The monoisotopic (exact) mass is 444 g/mol. The van der Waals surface area contributed by atoms with E-state index >= 15 is 0 Å². The molecule has 0 aromatic heterocycles. The van der Waals surface area contributed by atoms with E-state index in [-0.39, 0.29) is 5.82 Å². The Hall–Kier alpha value is -4.45. The van der Waals surface area contributed by atoms with E-state index in [2.05, 4.69) is 17.9 Å². The van der Waals surface area contributed by atoms with Crippen LogP contribution in [0.25, 0.3) is 22.3 Å². The molecule has 0 N–H and O–H groups in total. The van der Waals surface area contributed by atoms with Gasteiger partial charge in [0.05, 0.1) is 0 Å². The molecular formula is C27H21FO5. The second-order valence-electron chi connectivity index (χ2n) is 6.94. The molecule has 6 heteroatoms. The van der Waals surface area contributed by atoms with Gasteiger partial charge in [0.2, 0.25) is 0 Å². The van der Waals surface area contributed by atoms with E-state index in [9.17, 15) is 14.0 Å². The van der Waals surface area contributed by atoms with Gasteiger partial charge in [-0.1, -0.05) is 49.6 Å². The molecule has 0 atom stereocenters. The first-order chi connectivity index (χ1) is 15.9. The maximum atomic E-state index is 14.8. The van der Waals surface area contributed by atoms with Gasteiger partial charge in [-0.3, -0.25) is 0 Å². The standard InChI is InChI=1S/C27H21FO5/c1-4-26(29)32-16-15-31-22-10-7-20(8-11-22)24-14-9-21(17-25(24)28)19-5-12-23(13-6-19)33-27(30)18(2)3/h4-17H,1-2H2,3H3. The summed E-state index contributed by atoms with van der Waals surface area (Å²) in [4.78, 5) is 22.5. The van der Waals surface area contributed by atoms with Crippen LogP contribution in [0.3, 0.4) is 0 Å². The van der Waals surface area contributed by atoms with Gasteiger partial charge in [0.15, 0.2) is 0 Å². The van der Waals surface area contributed by atoms with E-state index in [1.165, 1.54) is 12.3 Å². The molecule has 3 aromatic rings. The van der Waals surface area contributed by atoms with Crippen molar-refractivity contribution in [1.82, 2.24) is 0 Å². The van der Waals surface area contributed by atoms with Crippen molar-refractivity contribution in [3.63, 3.8) is 0 Å². The van der Waals surface area contributed by atoms with Gasteiger partial charge < -0.3 is 14.2 Å². The van der Waals surface area contributed by atoms with Crippen molar-refractivity contribution in [3.8, 4) is 33.8 Å². The second-order valence-corrected chi connectivity index (χ2v) is 6.94. The number of halogens is 1. The molecule has 166 valence electrons. The molecule has 0 aliphatic carbocycles. The summed E-state index contributed by atoms with van der Waals surface area (Å²) in [6, 6.07) is 18.6. The largest absolute Gasteiger partial charge is 0.462 e. The van der Waals surface area contributed by atoms with Crippen LogP contribution in [0.1, 0.15) is 6.92 Å². The molecule has 0 saturated carbocycles. The van der Waals surface area contributed by atoms with Crippen LogP contribution >= 0.6 is 0 Å². The van der Waals surface area contributed by atoms with Gasteiger partial charge in [0, 0.05) is 17.2 Å². The first-order valence-corrected chi connectivity index (χ1v) is 9.90.